The van der Waals surface area contributed by atoms with E-state index >= 15 is 0 Å². The van der Waals surface area contributed by atoms with Crippen molar-refractivity contribution in [2.75, 3.05) is 17.8 Å². The van der Waals surface area contributed by atoms with Crippen LogP contribution in [-0.2, 0) is 19.4 Å². The Kier molecular flexibility index (Phi) is 7.62. The molecule has 1 aromatic heterocycles. The number of esters is 1. The average molecular weight is 476 g/mol. The SMILES string of the molecule is CCOC(=O)c1cn(-c2ccc(S(C)(=O)=O)cc2)nc1N(C(=O)C1CCC(C)CC1)C(C)C. The van der Waals surface area contributed by atoms with Crippen molar-refractivity contribution in [3.8, 4) is 5.69 Å². The number of benzene rings is 1. The summed E-state index contributed by atoms with van der Waals surface area (Å²) < 4.78 is 30.3. The Balaban J connectivity index is 2.03. The summed E-state index contributed by atoms with van der Waals surface area (Å²) >= 11 is 0. The summed E-state index contributed by atoms with van der Waals surface area (Å²) in [6.07, 6.45) is 6.35. The van der Waals surface area contributed by atoms with Crippen molar-refractivity contribution in [3.05, 3.63) is 36.0 Å². The Morgan fingerprint density at radius 1 is 1.15 bits per heavy atom. The quantitative estimate of drug-likeness (QED) is 0.561. The van der Waals surface area contributed by atoms with Gasteiger partial charge in [0.05, 0.1) is 17.2 Å². The molecule has 1 aliphatic carbocycles. The minimum Gasteiger partial charge on any atom is -0.462 e. The Morgan fingerprint density at radius 2 is 1.76 bits per heavy atom. The van der Waals surface area contributed by atoms with Crippen LogP contribution in [0.1, 0.15) is 63.7 Å². The lowest BCUT2D eigenvalue weighted by Gasteiger charge is -2.32. The molecule has 0 radical (unpaired) electrons. The van der Waals surface area contributed by atoms with Crippen LogP contribution in [0, 0.1) is 11.8 Å². The number of aromatic nitrogens is 2. The van der Waals surface area contributed by atoms with Crippen molar-refractivity contribution >= 4 is 27.5 Å². The van der Waals surface area contributed by atoms with Gasteiger partial charge in [0.1, 0.15) is 5.56 Å². The van der Waals surface area contributed by atoms with Crippen LogP contribution in [-0.4, -0.2) is 49.0 Å². The van der Waals surface area contributed by atoms with Crippen LogP contribution in [0.3, 0.4) is 0 Å². The van der Waals surface area contributed by atoms with Gasteiger partial charge in [-0.1, -0.05) is 6.92 Å². The molecule has 0 aliphatic heterocycles. The fraction of sp³-hybridized carbons (Fsp3) is 0.542. The van der Waals surface area contributed by atoms with E-state index in [4.69, 9.17) is 4.74 Å². The second kappa shape index (κ2) is 10.1. The summed E-state index contributed by atoms with van der Waals surface area (Å²) in [6, 6.07) is 6.01. The van der Waals surface area contributed by atoms with E-state index in [2.05, 4.69) is 12.0 Å². The predicted molar refractivity (Wildman–Crippen MR) is 126 cm³/mol. The molecule has 1 aliphatic rings. The molecule has 1 saturated carbocycles. The molecule has 180 valence electrons. The predicted octanol–water partition coefficient (Wildman–Crippen LogP) is 4.02. The smallest absolute Gasteiger partial charge is 0.343 e. The monoisotopic (exact) mass is 475 g/mol. The Bertz CT molecular complexity index is 1100. The van der Waals surface area contributed by atoms with Gasteiger partial charge in [-0.3, -0.25) is 9.69 Å². The van der Waals surface area contributed by atoms with Crippen LogP contribution >= 0.6 is 0 Å². The number of carbonyl (C=O) groups is 2. The maximum atomic E-state index is 13.5. The first kappa shape index (κ1) is 25.0. The zero-order valence-corrected chi connectivity index (χ0v) is 20.8. The van der Waals surface area contributed by atoms with E-state index in [1.807, 2.05) is 13.8 Å². The zero-order valence-electron chi connectivity index (χ0n) is 19.9. The van der Waals surface area contributed by atoms with Crippen LogP contribution in [0.2, 0.25) is 0 Å². The van der Waals surface area contributed by atoms with E-state index in [0.29, 0.717) is 11.6 Å². The van der Waals surface area contributed by atoms with Crippen molar-refractivity contribution < 1.29 is 22.7 Å². The molecule has 1 aromatic carbocycles. The highest BCUT2D eigenvalue weighted by Gasteiger charge is 2.34. The lowest BCUT2D eigenvalue weighted by atomic mass is 9.82. The first-order valence-electron chi connectivity index (χ1n) is 11.4. The third-order valence-corrected chi connectivity index (χ3v) is 7.20. The number of rotatable bonds is 7. The second-order valence-corrected chi connectivity index (χ2v) is 11.1. The Labute approximate surface area is 195 Å². The summed E-state index contributed by atoms with van der Waals surface area (Å²) in [6.45, 7) is 7.93. The molecule has 1 fully saturated rings. The fourth-order valence-corrected chi connectivity index (χ4v) is 4.81. The molecule has 0 bridgehead atoms. The van der Waals surface area contributed by atoms with Crippen molar-refractivity contribution in [2.45, 2.75) is 64.3 Å². The van der Waals surface area contributed by atoms with Gasteiger partial charge in [-0.2, -0.15) is 0 Å². The van der Waals surface area contributed by atoms with Gasteiger partial charge in [-0.25, -0.2) is 17.9 Å². The molecule has 33 heavy (non-hydrogen) atoms. The van der Waals surface area contributed by atoms with Crippen LogP contribution in [0.15, 0.2) is 35.4 Å². The van der Waals surface area contributed by atoms with E-state index in [1.165, 1.54) is 23.0 Å². The van der Waals surface area contributed by atoms with E-state index < -0.39 is 15.8 Å². The first-order chi connectivity index (χ1) is 15.5. The number of sulfone groups is 1. The van der Waals surface area contributed by atoms with E-state index in [-0.39, 0.29) is 40.8 Å². The normalized spacial score (nSPS) is 18.8. The van der Waals surface area contributed by atoms with E-state index in [9.17, 15) is 18.0 Å². The highest BCUT2D eigenvalue weighted by molar-refractivity contribution is 7.90. The van der Waals surface area contributed by atoms with Gasteiger partial charge >= 0.3 is 5.97 Å². The maximum Gasteiger partial charge on any atom is 0.343 e. The maximum absolute atomic E-state index is 13.5. The number of carbonyl (C=O) groups excluding carboxylic acids is 2. The average Bonchev–Trinajstić information content (AvgIpc) is 3.18. The number of hydrogen-bond donors (Lipinski definition) is 0. The minimum absolute atomic E-state index is 0.0277. The summed E-state index contributed by atoms with van der Waals surface area (Å²) in [4.78, 5) is 28.1. The number of nitrogens with zero attached hydrogens (tertiary/aromatic N) is 3. The molecule has 0 unspecified atom stereocenters. The van der Waals surface area contributed by atoms with Crippen LogP contribution in [0.5, 0.6) is 0 Å². The summed E-state index contributed by atoms with van der Waals surface area (Å²) in [5, 5.41) is 4.60. The topological polar surface area (TPSA) is 98.6 Å². The van der Waals surface area contributed by atoms with Crippen molar-refractivity contribution in [1.82, 2.24) is 9.78 Å². The molecular weight excluding hydrogens is 442 g/mol. The summed E-state index contributed by atoms with van der Waals surface area (Å²) in [5.41, 5.74) is 0.775. The van der Waals surface area contributed by atoms with Gasteiger partial charge < -0.3 is 4.74 Å². The van der Waals surface area contributed by atoms with E-state index in [1.54, 1.807) is 24.0 Å². The molecule has 0 spiro atoms. The molecule has 9 heteroatoms. The standard InChI is InChI=1S/C24H33N3O5S/c1-6-32-24(29)21-15-26(19-11-13-20(14-12-19)33(5,30)31)25-22(21)27(16(2)3)23(28)18-9-7-17(4)8-10-18/h11-18H,6-10H2,1-5H3. The van der Waals surface area contributed by atoms with Crippen molar-refractivity contribution in [1.29, 1.82) is 0 Å². The molecule has 0 saturated heterocycles. The van der Waals surface area contributed by atoms with Crippen molar-refractivity contribution in [2.24, 2.45) is 11.8 Å². The number of hydrogen-bond acceptors (Lipinski definition) is 6. The molecule has 1 heterocycles. The van der Waals surface area contributed by atoms with Crippen LogP contribution < -0.4 is 4.90 Å². The van der Waals surface area contributed by atoms with Crippen molar-refractivity contribution in [3.63, 3.8) is 0 Å². The second-order valence-electron chi connectivity index (χ2n) is 9.06. The molecule has 1 amide bonds. The minimum atomic E-state index is -3.33. The van der Waals surface area contributed by atoms with Gasteiger partial charge in [-0.15, -0.1) is 5.10 Å². The number of anilines is 1. The highest BCUT2D eigenvalue weighted by Crippen LogP contribution is 2.33. The molecule has 0 N–H and O–H groups in total. The van der Waals surface area contributed by atoms with Crippen LogP contribution in [0.25, 0.3) is 5.69 Å². The zero-order chi connectivity index (χ0) is 24.3. The third kappa shape index (κ3) is 5.63. The summed E-state index contributed by atoms with van der Waals surface area (Å²) in [5.74, 6) is 0.199. The molecule has 3 rings (SSSR count). The number of ether oxygens (including phenoxy) is 1. The fourth-order valence-electron chi connectivity index (χ4n) is 4.18. The highest BCUT2D eigenvalue weighted by atomic mass is 32.2. The Hall–Kier alpha value is -2.68. The third-order valence-electron chi connectivity index (χ3n) is 6.07. The van der Waals surface area contributed by atoms with Crippen LogP contribution in [0.4, 0.5) is 5.82 Å². The molecular formula is C24H33N3O5S. The van der Waals surface area contributed by atoms with Gasteiger partial charge in [0.25, 0.3) is 0 Å². The van der Waals surface area contributed by atoms with Gasteiger partial charge in [0, 0.05) is 24.4 Å². The molecule has 0 atom stereocenters. The summed E-state index contributed by atoms with van der Waals surface area (Å²) in [7, 11) is -3.33. The van der Waals surface area contributed by atoms with Gasteiger partial charge in [0.15, 0.2) is 15.7 Å². The Morgan fingerprint density at radius 3 is 2.27 bits per heavy atom. The number of amides is 1. The first-order valence-corrected chi connectivity index (χ1v) is 13.3. The van der Waals surface area contributed by atoms with Gasteiger partial charge in [0.2, 0.25) is 5.91 Å². The largest absolute Gasteiger partial charge is 0.462 e. The van der Waals surface area contributed by atoms with E-state index in [0.717, 1.165) is 31.9 Å². The molecule has 8 nitrogen and oxygen atoms in total. The lowest BCUT2D eigenvalue weighted by Crippen LogP contribution is -2.43. The molecule has 2 aromatic rings. The van der Waals surface area contributed by atoms with Gasteiger partial charge in [-0.05, 0) is 76.6 Å². The lowest BCUT2D eigenvalue weighted by molar-refractivity contribution is -0.124.